The van der Waals surface area contributed by atoms with E-state index in [0.29, 0.717) is 18.1 Å². The van der Waals surface area contributed by atoms with Crippen LogP contribution >= 0.6 is 11.8 Å². The van der Waals surface area contributed by atoms with Gasteiger partial charge in [-0.1, -0.05) is 31.2 Å². The highest BCUT2D eigenvalue weighted by Gasteiger charge is 2.19. The normalized spacial score (nSPS) is 14.8. The van der Waals surface area contributed by atoms with Crippen LogP contribution in [0.15, 0.2) is 36.7 Å². The minimum Gasteiger partial charge on any atom is -0.390 e. The number of fused-ring (bicyclic) bond motifs is 1. The summed E-state index contributed by atoms with van der Waals surface area (Å²) in [5.74, 6) is 2.39. The van der Waals surface area contributed by atoms with Gasteiger partial charge in [0.2, 0.25) is 0 Å². The number of hydrogen-bond donors (Lipinski definition) is 3. The number of aromatic nitrogens is 2. The number of amides is 1. The van der Waals surface area contributed by atoms with Crippen LogP contribution in [0, 0.1) is 0 Å². The summed E-state index contributed by atoms with van der Waals surface area (Å²) in [6, 6.07) is 10.1. The molecule has 29 heavy (non-hydrogen) atoms. The number of nitrogens with zero attached hydrogens (tertiary/aromatic N) is 3. The zero-order chi connectivity index (χ0) is 20.5. The Kier molecular flexibility index (Phi) is 8.27. The molecule has 3 N–H and O–H groups in total. The molecule has 1 aromatic carbocycles. The lowest BCUT2D eigenvalue weighted by Gasteiger charge is -2.30. The van der Waals surface area contributed by atoms with Crippen molar-refractivity contribution in [3.05, 3.63) is 53.5 Å². The van der Waals surface area contributed by atoms with Crippen LogP contribution < -0.4 is 10.6 Å². The molecule has 0 bridgehead atoms. The highest BCUT2D eigenvalue weighted by atomic mass is 32.2. The number of nitrogens with one attached hydrogen (secondary N) is 2. The van der Waals surface area contributed by atoms with E-state index in [4.69, 9.17) is 0 Å². The minimum absolute atomic E-state index is 0.191. The van der Waals surface area contributed by atoms with Crippen LogP contribution in [0.3, 0.4) is 0 Å². The quantitative estimate of drug-likeness (QED) is 0.510. The number of thioether (sulfide) groups is 1. The number of carbonyl (C=O) groups is 1. The van der Waals surface area contributed by atoms with Crippen LogP contribution in [0.25, 0.3) is 0 Å². The van der Waals surface area contributed by atoms with Crippen LogP contribution in [0.5, 0.6) is 0 Å². The van der Waals surface area contributed by atoms with E-state index >= 15 is 0 Å². The summed E-state index contributed by atoms with van der Waals surface area (Å²) in [7, 11) is 0. The third kappa shape index (κ3) is 6.69. The second-order valence-corrected chi connectivity index (χ2v) is 8.42. The van der Waals surface area contributed by atoms with Crippen molar-refractivity contribution in [3.63, 3.8) is 0 Å². The molecule has 2 heterocycles. The van der Waals surface area contributed by atoms with Crippen molar-refractivity contribution < 1.29 is 9.90 Å². The predicted molar refractivity (Wildman–Crippen MR) is 117 cm³/mol. The summed E-state index contributed by atoms with van der Waals surface area (Å²) in [5, 5.41) is 16.3. The molecule has 0 fully saturated rings. The summed E-state index contributed by atoms with van der Waals surface area (Å²) in [5.41, 5.74) is 2.99. The monoisotopic (exact) mass is 415 g/mol. The Labute approximate surface area is 176 Å². The summed E-state index contributed by atoms with van der Waals surface area (Å²) in [6.07, 6.45) is 1.74. The zero-order valence-corrected chi connectivity index (χ0v) is 17.6. The van der Waals surface area contributed by atoms with Crippen molar-refractivity contribution in [1.82, 2.24) is 20.2 Å². The number of hydrogen-bond acceptors (Lipinski definition) is 7. The first kappa shape index (κ1) is 21.5. The average Bonchev–Trinajstić information content (AvgIpc) is 2.75. The number of carbonyl (C=O) groups excluding carboxylic acids is 1. The molecular weight excluding hydrogens is 386 g/mol. The second-order valence-electron chi connectivity index (χ2n) is 7.03. The topological polar surface area (TPSA) is 90.4 Å². The average molecular weight is 416 g/mol. The first-order valence-electron chi connectivity index (χ1n) is 10.0. The lowest BCUT2D eigenvalue weighted by Crippen LogP contribution is -2.42. The van der Waals surface area contributed by atoms with E-state index in [1.165, 1.54) is 17.5 Å². The fourth-order valence-corrected chi connectivity index (χ4v) is 3.88. The number of aliphatic hydroxyl groups is 1. The number of aliphatic hydroxyl groups excluding tert-OH is 1. The molecule has 2 aromatic rings. The fraction of sp³-hybridized carbons (Fsp3) is 0.476. The van der Waals surface area contributed by atoms with Gasteiger partial charge < -0.3 is 15.7 Å². The van der Waals surface area contributed by atoms with E-state index in [2.05, 4.69) is 50.6 Å². The van der Waals surface area contributed by atoms with Gasteiger partial charge in [-0.2, -0.15) is 11.8 Å². The Balaban J connectivity index is 1.43. The minimum atomic E-state index is -0.630. The van der Waals surface area contributed by atoms with Crippen molar-refractivity contribution in [2.24, 2.45) is 0 Å². The number of β-amino-alcohol motifs (C(OH)–C–C–N with tert-alkyl or cyclic N) is 1. The van der Waals surface area contributed by atoms with Gasteiger partial charge in [0, 0.05) is 44.5 Å². The maximum Gasteiger partial charge on any atom is 0.270 e. The van der Waals surface area contributed by atoms with Gasteiger partial charge >= 0.3 is 0 Å². The Morgan fingerprint density at radius 1 is 1.31 bits per heavy atom. The van der Waals surface area contributed by atoms with Crippen LogP contribution in [0.2, 0.25) is 0 Å². The molecular formula is C21H29N5O2S. The SMILES string of the molecule is CCSCCNc1cc(C(=O)NCC(O)CN2CCc3ccccc3C2)ncn1. The standard InChI is InChI=1S/C21H29N5O2S/c1-2-29-10-8-22-20-11-19(24-15-25-20)21(28)23-12-18(27)14-26-9-7-16-5-3-4-6-17(16)13-26/h3-6,11,15,18,27H,2,7-10,12-14H2,1H3,(H,23,28)(H,22,24,25). The molecule has 0 radical (unpaired) electrons. The highest BCUT2D eigenvalue weighted by Crippen LogP contribution is 2.18. The molecule has 1 aliphatic rings. The molecule has 0 saturated heterocycles. The zero-order valence-electron chi connectivity index (χ0n) is 16.8. The first-order chi connectivity index (χ1) is 14.2. The van der Waals surface area contributed by atoms with Crippen molar-refractivity contribution in [2.75, 3.05) is 43.0 Å². The van der Waals surface area contributed by atoms with Crippen LogP contribution in [0.1, 0.15) is 28.5 Å². The smallest absolute Gasteiger partial charge is 0.270 e. The lowest BCUT2D eigenvalue weighted by atomic mass is 10.00. The third-order valence-electron chi connectivity index (χ3n) is 4.83. The molecule has 156 valence electrons. The molecule has 1 amide bonds. The largest absolute Gasteiger partial charge is 0.390 e. The second kappa shape index (κ2) is 11.1. The van der Waals surface area contributed by atoms with Gasteiger partial charge in [0.05, 0.1) is 6.10 Å². The van der Waals surface area contributed by atoms with Gasteiger partial charge in [-0.05, 0) is 23.3 Å². The first-order valence-corrected chi connectivity index (χ1v) is 11.2. The van der Waals surface area contributed by atoms with Crippen molar-refractivity contribution in [1.29, 1.82) is 0 Å². The van der Waals surface area contributed by atoms with Crippen molar-refractivity contribution in [2.45, 2.75) is 26.0 Å². The Morgan fingerprint density at radius 2 is 2.14 bits per heavy atom. The van der Waals surface area contributed by atoms with Gasteiger partial charge in [0.1, 0.15) is 17.8 Å². The van der Waals surface area contributed by atoms with Gasteiger partial charge in [-0.25, -0.2) is 9.97 Å². The van der Waals surface area contributed by atoms with E-state index in [-0.39, 0.29) is 12.5 Å². The van der Waals surface area contributed by atoms with Crippen LogP contribution in [-0.2, 0) is 13.0 Å². The molecule has 1 unspecified atom stereocenters. The van der Waals surface area contributed by atoms with E-state index in [1.54, 1.807) is 6.07 Å². The van der Waals surface area contributed by atoms with Gasteiger partial charge in [0.25, 0.3) is 5.91 Å². The highest BCUT2D eigenvalue weighted by molar-refractivity contribution is 7.99. The Morgan fingerprint density at radius 3 is 2.97 bits per heavy atom. The van der Waals surface area contributed by atoms with Crippen molar-refractivity contribution >= 4 is 23.5 Å². The summed E-state index contributed by atoms with van der Waals surface area (Å²) >= 11 is 1.84. The van der Waals surface area contributed by atoms with E-state index in [1.807, 2.05) is 17.8 Å². The van der Waals surface area contributed by atoms with Gasteiger partial charge in [-0.15, -0.1) is 0 Å². The van der Waals surface area contributed by atoms with Gasteiger partial charge in [0.15, 0.2) is 0 Å². The molecule has 7 nitrogen and oxygen atoms in total. The maximum absolute atomic E-state index is 12.4. The van der Waals surface area contributed by atoms with E-state index in [9.17, 15) is 9.90 Å². The lowest BCUT2D eigenvalue weighted by molar-refractivity contribution is 0.0838. The Bertz CT molecular complexity index is 804. The summed E-state index contributed by atoms with van der Waals surface area (Å²) in [4.78, 5) is 22.8. The number of rotatable bonds is 10. The maximum atomic E-state index is 12.4. The molecule has 0 spiro atoms. The molecule has 1 aliphatic heterocycles. The molecule has 0 aliphatic carbocycles. The predicted octanol–water partition coefficient (Wildman–Crippen LogP) is 1.79. The van der Waals surface area contributed by atoms with E-state index < -0.39 is 6.10 Å². The molecule has 0 saturated carbocycles. The number of benzene rings is 1. The summed E-state index contributed by atoms with van der Waals surface area (Å²) in [6.45, 7) is 5.37. The number of anilines is 1. The van der Waals surface area contributed by atoms with Crippen LogP contribution in [0.4, 0.5) is 5.82 Å². The van der Waals surface area contributed by atoms with E-state index in [0.717, 1.165) is 37.6 Å². The summed E-state index contributed by atoms with van der Waals surface area (Å²) < 4.78 is 0. The third-order valence-corrected chi connectivity index (χ3v) is 5.73. The molecule has 3 rings (SSSR count). The Hall–Kier alpha value is -2.16. The molecule has 8 heteroatoms. The molecule has 1 aromatic heterocycles. The fourth-order valence-electron chi connectivity index (χ4n) is 3.35. The van der Waals surface area contributed by atoms with Crippen molar-refractivity contribution in [3.8, 4) is 0 Å². The molecule has 1 atom stereocenters. The van der Waals surface area contributed by atoms with Crippen LogP contribution in [-0.4, -0.2) is 69.7 Å². The van der Waals surface area contributed by atoms with Gasteiger partial charge in [-0.3, -0.25) is 9.69 Å².